The van der Waals surface area contributed by atoms with E-state index in [0.717, 1.165) is 22.1 Å². The van der Waals surface area contributed by atoms with Crippen LogP contribution in [0.1, 0.15) is 15.9 Å². The Balaban J connectivity index is 1.12. The Bertz CT molecular complexity index is 1790. The summed E-state index contributed by atoms with van der Waals surface area (Å²) >= 11 is 7.43. The van der Waals surface area contributed by atoms with Gasteiger partial charge in [0.2, 0.25) is 0 Å². The zero-order valence-electron chi connectivity index (χ0n) is 24.2. The molecule has 1 heterocycles. The van der Waals surface area contributed by atoms with E-state index in [2.05, 4.69) is 26.1 Å². The number of rotatable bonds is 12. The fraction of sp³-hybridized carbons (Fsp3) is 0.0909. The number of anilines is 3. The van der Waals surface area contributed by atoms with Crippen molar-refractivity contribution in [1.82, 2.24) is 10.4 Å². The average molecular weight is 642 g/mol. The highest BCUT2D eigenvalue weighted by Crippen LogP contribution is 2.29. The number of nitrogens with zero attached hydrogens (tertiary/aromatic N) is 2. The van der Waals surface area contributed by atoms with E-state index in [1.807, 2.05) is 41.8 Å². The molecule has 0 spiro atoms. The summed E-state index contributed by atoms with van der Waals surface area (Å²) in [5.74, 6) is 0.794. The quantitative estimate of drug-likeness (QED) is 0.0989. The summed E-state index contributed by atoms with van der Waals surface area (Å²) in [6.07, 6.45) is 1.49. The number of aromatic nitrogens is 1. The number of hydrogen-bond donors (Lipinski definition) is 3. The van der Waals surface area contributed by atoms with Crippen molar-refractivity contribution in [3.05, 3.63) is 113 Å². The van der Waals surface area contributed by atoms with Gasteiger partial charge in [0.1, 0.15) is 5.75 Å². The summed E-state index contributed by atoms with van der Waals surface area (Å²) in [7, 11) is 3.07. The summed E-state index contributed by atoms with van der Waals surface area (Å²) in [6.45, 7) is -0.214. The van der Waals surface area contributed by atoms with Crippen LogP contribution in [0.2, 0.25) is 5.02 Å². The first kappa shape index (κ1) is 31.0. The lowest BCUT2D eigenvalue weighted by molar-refractivity contribution is -0.118. The van der Waals surface area contributed by atoms with Crippen LogP contribution in [0.25, 0.3) is 11.3 Å². The van der Waals surface area contributed by atoms with E-state index in [0.29, 0.717) is 39.1 Å². The molecule has 0 saturated carbocycles. The number of amides is 2. The molecule has 5 rings (SSSR count). The predicted octanol–water partition coefficient (Wildman–Crippen LogP) is 7.01. The SMILES string of the molecule is COc1ccc(NC(=O)COc2ccc(/C=N\NC(=O)c3ccc(-c4csc(Nc5ccc(Cl)cc5)n4)cc3)cc2OC)cc1. The summed E-state index contributed by atoms with van der Waals surface area (Å²) < 4.78 is 16.2. The molecule has 4 aromatic carbocycles. The first-order valence-corrected chi connectivity index (χ1v) is 14.8. The normalized spacial score (nSPS) is 10.7. The van der Waals surface area contributed by atoms with Gasteiger partial charge in [0.25, 0.3) is 11.8 Å². The highest BCUT2D eigenvalue weighted by Gasteiger charge is 2.11. The van der Waals surface area contributed by atoms with E-state index < -0.39 is 0 Å². The molecule has 0 saturated heterocycles. The van der Waals surface area contributed by atoms with Gasteiger partial charge in [-0.2, -0.15) is 5.10 Å². The third-order valence-corrected chi connectivity index (χ3v) is 7.35. The first-order chi connectivity index (χ1) is 21.9. The molecular formula is C33H28ClN5O5S. The highest BCUT2D eigenvalue weighted by molar-refractivity contribution is 7.14. The van der Waals surface area contributed by atoms with Crippen molar-refractivity contribution in [2.75, 3.05) is 31.5 Å². The molecule has 0 aliphatic heterocycles. The van der Waals surface area contributed by atoms with Gasteiger partial charge in [-0.25, -0.2) is 10.4 Å². The second-order valence-electron chi connectivity index (χ2n) is 9.42. The molecule has 45 heavy (non-hydrogen) atoms. The second-order valence-corrected chi connectivity index (χ2v) is 10.7. The van der Waals surface area contributed by atoms with E-state index >= 15 is 0 Å². The molecule has 10 nitrogen and oxygen atoms in total. The van der Waals surface area contributed by atoms with Crippen molar-refractivity contribution >= 4 is 57.5 Å². The van der Waals surface area contributed by atoms with Gasteiger partial charge in [-0.05, 0) is 84.4 Å². The maximum atomic E-state index is 12.7. The molecule has 0 radical (unpaired) electrons. The largest absolute Gasteiger partial charge is 0.497 e. The minimum absolute atomic E-state index is 0.214. The van der Waals surface area contributed by atoms with Crippen molar-refractivity contribution < 1.29 is 23.8 Å². The van der Waals surface area contributed by atoms with Crippen LogP contribution in [0.5, 0.6) is 17.2 Å². The summed E-state index contributed by atoms with van der Waals surface area (Å²) in [5, 5.41) is 13.4. The van der Waals surface area contributed by atoms with Gasteiger partial charge < -0.3 is 24.8 Å². The van der Waals surface area contributed by atoms with Gasteiger partial charge in [-0.15, -0.1) is 11.3 Å². The van der Waals surface area contributed by atoms with E-state index in [1.165, 1.54) is 24.7 Å². The topological polar surface area (TPSA) is 123 Å². The molecule has 2 amide bonds. The monoisotopic (exact) mass is 641 g/mol. The van der Waals surface area contributed by atoms with Crippen molar-refractivity contribution in [3.8, 4) is 28.5 Å². The van der Waals surface area contributed by atoms with Gasteiger partial charge >= 0.3 is 0 Å². The molecule has 5 aromatic rings. The zero-order chi connectivity index (χ0) is 31.6. The van der Waals surface area contributed by atoms with E-state index in [4.69, 9.17) is 25.8 Å². The molecule has 1 aromatic heterocycles. The summed E-state index contributed by atoms with van der Waals surface area (Å²) in [4.78, 5) is 29.6. The van der Waals surface area contributed by atoms with Gasteiger partial charge in [0.15, 0.2) is 23.2 Å². The van der Waals surface area contributed by atoms with E-state index in [1.54, 1.807) is 61.7 Å². The van der Waals surface area contributed by atoms with Crippen LogP contribution < -0.4 is 30.3 Å². The van der Waals surface area contributed by atoms with Gasteiger partial charge in [0.05, 0.1) is 26.1 Å². The summed E-state index contributed by atoms with van der Waals surface area (Å²) in [6, 6.07) is 26.5. The maximum Gasteiger partial charge on any atom is 0.271 e. The molecule has 0 unspecified atom stereocenters. The number of carbonyl (C=O) groups excluding carboxylic acids is 2. The molecule has 228 valence electrons. The number of halogens is 1. The Morgan fingerprint density at radius 1 is 0.889 bits per heavy atom. The van der Waals surface area contributed by atoms with Crippen LogP contribution in [0.3, 0.4) is 0 Å². The smallest absolute Gasteiger partial charge is 0.271 e. The van der Waals surface area contributed by atoms with Crippen LogP contribution in [0.4, 0.5) is 16.5 Å². The van der Waals surface area contributed by atoms with Crippen LogP contribution >= 0.6 is 22.9 Å². The lowest BCUT2D eigenvalue weighted by Crippen LogP contribution is -2.20. The van der Waals surface area contributed by atoms with Crippen LogP contribution in [0.15, 0.2) is 101 Å². The highest BCUT2D eigenvalue weighted by atomic mass is 35.5. The molecule has 12 heteroatoms. The van der Waals surface area contributed by atoms with Gasteiger partial charge in [0, 0.05) is 32.9 Å². The van der Waals surface area contributed by atoms with Gasteiger partial charge in [-0.3, -0.25) is 9.59 Å². The Labute approximate surface area is 268 Å². The number of benzene rings is 4. The predicted molar refractivity (Wildman–Crippen MR) is 177 cm³/mol. The number of methoxy groups -OCH3 is 2. The Kier molecular flexibility index (Phi) is 10.3. The molecule has 0 bridgehead atoms. The fourth-order valence-corrected chi connectivity index (χ4v) is 4.91. The minimum atomic E-state index is -0.365. The molecule has 3 N–H and O–H groups in total. The molecule has 0 aliphatic carbocycles. The van der Waals surface area contributed by atoms with Crippen molar-refractivity contribution in [3.63, 3.8) is 0 Å². The molecular weight excluding hydrogens is 614 g/mol. The number of nitrogens with one attached hydrogen (secondary N) is 3. The standard InChI is InChI=1S/C33H28ClN5O5S/c1-42-27-14-12-25(13-15-27)36-31(40)19-44-29-16-3-21(17-30(29)43-2)18-35-39-32(41)23-6-4-22(5-7-23)28-20-45-33(38-28)37-26-10-8-24(34)9-11-26/h3-18,20H,19H2,1-2H3,(H,36,40)(H,37,38)(H,39,41)/b35-18-. The Morgan fingerprint density at radius 3 is 2.33 bits per heavy atom. The minimum Gasteiger partial charge on any atom is -0.497 e. The van der Waals surface area contributed by atoms with Crippen molar-refractivity contribution in [1.29, 1.82) is 0 Å². The van der Waals surface area contributed by atoms with Crippen molar-refractivity contribution in [2.24, 2.45) is 5.10 Å². The summed E-state index contributed by atoms with van der Waals surface area (Å²) in [5.41, 5.74) is 6.81. The lowest BCUT2D eigenvalue weighted by atomic mass is 10.1. The lowest BCUT2D eigenvalue weighted by Gasteiger charge is -2.11. The van der Waals surface area contributed by atoms with Crippen LogP contribution in [-0.4, -0.2) is 43.8 Å². The molecule has 0 fully saturated rings. The Hall–Kier alpha value is -5.39. The fourth-order valence-electron chi connectivity index (χ4n) is 4.04. The maximum absolute atomic E-state index is 12.7. The number of hydrogen-bond acceptors (Lipinski definition) is 9. The zero-order valence-corrected chi connectivity index (χ0v) is 25.8. The third kappa shape index (κ3) is 8.59. The second kappa shape index (κ2) is 14.9. The third-order valence-electron chi connectivity index (χ3n) is 6.34. The van der Waals surface area contributed by atoms with E-state index in [-0.39, 0.29) is 18.4 Å². The molecule has 0 aliphatic rings. The van der Waals surface area contributed by atoms with Gasteiger partial charge in [-0.1, -0.05) is 23.7 Å². The van der Waals surface area contributed by atoms with Crippen LogP contribution in [0, 0.1) is 0 Å². The first-order valence-electron chi connectivity index (χ1n) is 13.6. The van der Waals surface area contributed by atoms with E-state index in [9.17, 15) is 9.59 Å². The van der Waals surface area contributed by atoms with Crippen molar-refractivity contribution in [2.45, 2.75) is 0 Å². The average Bonchev–Trinajstić information content (AvgIpc) is 3.54. The number of carbonyl (C=O) groups is 2. The number of thiazole rings is 1. The number of hydrazone groups is 1. The molecule has 0 atom stereocenters. The number of ether oxygens (including phenoxy) is 3. The Morgan fingerprint density at radius 2 is 1.62 bits per heavy atom. The van der Waals surface area contributed by atoms with Crippen LogP contribution in [-0.2, 0) is 4.79 Å².